The molecule has 0 saturated heterocycles. The second-order valence-corrected chi connectivity index (χ2v) is 14.0. The van der Waals surface area contributed by atoms with Gasteiger partial charge in [0.05, 0.1) is 24.6 Å². The fourth-order valence-electron chi connectivity index (χ4n) is 4.77. The van der Waals surface area contributed by atoms with Crippen LogP contribution in [0.15, 0.2) is 0 Å². The third kappa shape index (κ3) is 17.3. The molecule has 0 aromatic carbocycles. The Balaban J connectivity index is 3.70. The Bertz CT molecular complexity index is 278. The standard InChI is InChI=1S/C27H58P/c1-5-9-12-13-14-15-16-17-18-19-20-21-22-23-27-28(24-8-4,25-10-6-2)26-11-7-3/h5-27H2,1-4H3/q+1. The summed E-state index contributed by atoms with van der Waals surface area (Å²) in [6.07, 6.45) is 34.4. The molecule has 28 heavy (non-hydrogen) atoms. The number of hydrogen-bond donors (Lipinski definition) is 0. The maximum absolute atomic E-state index is 2.43. The van der Waals surface area contributed by atoms with Crippen LogP contribution in [0.4, 0.5) is 0 Å². The summed E-state index contributed by atoms with van der Waals surface area (Å²) in [4.78, 5) is 0. The van der Waals surface area contributed by atoms with E-state index in [0.29, 0.717) is 0 Å². The molecule has 0 fully saturated rings. The molecule has 0 N–H and O–H groups in total. The minimum atomic E-state index is -0.614. The summed E-state index contributed by atoms with van der Waals surface area (Å²) in [5, 5.41) is 0. The van der Waals surface area contributed by atoms with Crippen molar-refractivity contribution < 1.29 is 0 Å². The first-order valence-corrected chi connectivity index (χ1v) is 16.1. The third-order valence-electron chi connectivity index (χ3n) is 6.66. The average molecular weight is 414 g/mol. The largest absolute Gasteiger partial charge is 0.0654 e. The van der Waals surface area contributed by atoms with Crippen LogP contribution in [0.25, 0.3) is 0 Å². The van der Waals surface area contributed by atoms with Crippen LogP contribution in [0.3, 0.4) is 0 Å². The Labute approximate surface area is 181 Å². The van der Waals surface area contributed by atoms with Gasteiger partial charge in [0, 0.05) is 7.26 Å². The van der Waals surface area contributed by atoms with E-state index in [2.05, 4.69) is 27.7 Å². The molecule has 0 amide bonds. The van der Waals surface area contributed by atoms with Gasteiger partial charge in [0.15, 0.2) is 0 Å². The van der Waals surface area contributed by atoms with Crippen molar-refractivity contribution in [2.45, 2.75) is 150 Å². The molecule has 170 valence electrons. The third-order valence-corrected chi connectivity index (χ3v) is 11.8. The number of unbranched alkanes of at least 4 members (excludes halogenated alkanes) is 15. The fraction of sp³-hybridized carbons (Fsp3) is 1.00. The maximum Gasteiger partial charge on any atom is 0.0594 e. The molecule has 0 saturated carbocycles. The molecular weight excluding hydrogens is 355 g/mol. The van der Waals surface area contributed by atoms with Gasteiger partial charge in [-0.05, 0) is 32.1 Å². The molecule has 0 bridgehead atoms. The van der Waals surface area contributed by atoms with Gasteiger partial charge in [0.2, 0.25) is 0 Å². The van der Waals surface area contributed by atoms with Gasteiger partial charge in [-0.3, -0.25) is 0 Å². The number of hydrogen-bond acceptors (Lipinski definition) is 0. The van der Waals surface area contributed by atoms with Crippen LogP contribution < -0.4 is 0 Å². The zero-order chi connectivity index (χ0) is 20.8. The van der Waals surface area contributed by atoms with E-state index < -0.39 is 7.26 Å². The molecule has 0 aromatic rings. The van der Waals surface area contributed by atoms with Gasteiger partial charge in [-0.2, -0.15) is 0 Å². The summed E-state index contributed by atoms with van der Waals surface area (Å²) in [5.74, 6) is 0. The summed E-state index contributed by atoms with van der Waals surface area (Å²) in [7, 11) is -0.614. The second kappa shape index (κ2) is 22.1. The van der Waals surface area contributed by atoms with Crippen LogP contribution in [0.5, 0.6) is 0 Å². The maximum atomic E-state index is 2.43. The summed E-state index contributed by atoms with van der Waals surface area (Å²) >= 11 is 0. The van der Waals surface area contributed by atoms with Crippen molar-refractivity contribution in [1.29, 1.82) is 0 Å². The van der Waals surface area contributed by atoms with Crippen molar-refractivity contribution in [3.8, 4) is 0 Å². The van der Waals surface area contributed by atoms with Gasteiger partial charge < -0.3 is 0 Å². The summed E-state index contributed by atoms with van der Waals surface area (Å²) in [5.41, 5.74) is 0. The lowest BCUT2D eigenvalue weighted by molar-refractivity contribution is 0.538. The molecule has 0 rings (SSSR count). The van der Waals surface area contributed by atoms with Crippen LogP contribution in [0.1, 0.15) is 150 Å². The van der Waals surface area contributed by atoms with Gasteiger partial charge in [0.25, 0.3) is 0 Å². The Morgan fingerprint density at radius 3 is 0.964 bits per heavy atom. The van der Waals surface area contributed by atoms with Crippen LogP contribution in [-0.4, -0.2) is 24.6 Å². The van der Waals surface area contributed by atoms with Gasteiger partial charge in [-0.15, -0.1) is 0 Å². The topological polar surface area (TPSA) is 0 Å². The minimum Gasteiger partial charge on any atom is -0.0654 e. The van der Waals surface area contributed by atoms with Crippen molar-refractivity contribution in [2.75, 3.05) is 24.6 Å². The molecule has 0 atom stereocenters. The molecule has 0 heterocycles. The highest BCUT2D eigenvalue weighted by Crippen LogP contribution is 2.61. The predicted molar refractivity (Wildman–Crippen MR) is 137 cm³/mol. The van der Waals surface area contributed by atoms with Gasteiger partial charge >= 0.3 is 0 Å². The highest BCUT2D eigenvalue weighted by molar-refractivity contribution is 7.75. The van der Waals surface area contributed by atoms with E-state index in [1.165, 1.54) is 116 Å². The first-order chi connectivity index (χ1) is 13.7. The van der Waals surface area contributed by atoms with Crippen molar-refractivity contribution >= 4 is 7.26 Å². The molecule has 0 aromatic heterocycles. The van der Waals surface area contributed by atoms with Gasteiger partial charge in [-0.25, -0.2) is 0 Å². The Hall–Kier alpha value is 0.430. The van der Waals surface area contributed by atoms with Crippen molar-refractivity contribution in [2.24, 2.45) is 0 Å². The van der Waals surface area contributed by atoms with Gasteiger partial charge in [0.1, 0.15) is 0 Å². The Morgan fingerprint density at radius 1 is 0.286 bits per heavy atom. The smallest absolute Gasteiger partial charge is 0.0594 e. The van der Waals surface area contributed by atoms with Crippen LogP contribution in [0.2, 0.25) is 0 Å². The quantitative estimate of drug-likeness (QED) is 0.115. The minimum absolute atomic E-state index is 0.614. The predicted octanol–water partition coefficient (Wildman–Crippen LogP) is 10.5. The van der Waals surface area contributed by atoms with E-state index in [1.807, 2.05) is 0 Å². The lowest BCUT2D eigenvalue weighted by Crippen LogP contribution is -2.12. The lowest BCUT2D eigenvalue weighted by atomic mass is 10.0. The summed E-state index contributed by atoms with van der Waals surface area (Å²) in [6, 6.07) is 0. The van der Waals surface area contributed by atoms with Crippen LogP contribution in [-0.2, 0) is 0 Å². The van der Waals surface area contributed by atoms with Crippen molar-refractivity contribution in [1.82, 2.24) is 0 Å². The van der Waals surface area contributed by atoms with E-state index in [1.54, 1.807) is 31.1 Å². The summed E-state index contributed by atoms with van der Waals surface area (Å²) < 4.78 is 0. The normalized spacial score (nSPS) is 12.0. The SMILES string of the molecule is CCCCCCCCCCCCCCCC[P+](CCC)(CCCC)CCCC. The highest BCUT2D eigenvalue weighted by Gasteiger charge is 2.34. The average Bonchev–Trinajstić information content (AvgIpc) is 2.71. The van der Waals surface area contributed by atoms with E-state index in [0.717, 1.165) is 0 Å². The fourth-order valence-corrected chi connectivity index (χ4v) is 9.93. The van der Waals surface area contributed by atoms with E-state index in [-0.39, 0.29) is 0 Å². The molecule has 0 aliphatic rings. The molecule has 1 heteroatoms. The first kappa shape index (κ1) is 28.4. The van der Waals surface area contributed by atoms with Crippen molar-refractivity contribution in [3.63, 3.8) is 0 Å². The first-order valence-electron chi connectivity index (χ1n) is 13.6. The highest BCUT2D eigenvalue weighted by atomic mass is 31.2. The molecule has 0 aliphatic carbocycles. The van der Waals surface area contributed by atoms with Gasteiger partial charge in [-0.1, -0.05) is 118 Å². The number of rotatable bonds is 23. The molecule has 0 spiro atoms. The molecular formula is C27H58P+. The lowest BCUT2D eigenvalue weighted by Gasteiger charge is -2.27. The van der Waals surface area contributed by atoms with Crippen LogP contribution >= 0.6 is 7.26 Å². The Kier molecular flexibility index (Phi) is 22.5. The molecule has 0 aliphatic heterocycles. The van der Waals surface area contributed by atoms with E-state index >= 15 is 0 Å². The molecule has 0 unspecified atom stereocenters. The second-order valence-electron chi connectivity index (χ2n) is 9.54. The molecule has 0 radical (unpaired) electrons. The van der Waals surface area contributed by atoms with Crippen LogP contribution in [0, 0.1) is 0 Å². The van der Waals surface area contributed by atoms with E-state index in [4.69, 9.17) is 0 Å². The zero-order valence-electron chi connectivity index (χ0n) is 20.7. The van der Waals surface area contributed by atoms with Crippen molar-refractivity contribution in [3.05, 3.63) is 0 Å². The van der Waals surface area contributed by atoms with E-state index in [9.17, 15) is 0 Å². The monoisotopic (exact) mass is 413 g/mol. The Morgan fingerprint density at radius 2 is 0.607 bits per heavy atom. The summed E-state index contributed by atoms with van der Waals surface area (Å²) in [6.45, 7) is 9.50. The molecule has 0 nitrogen and oxygen atoms in total. The zero-order valence-corrected chi connectivity index (χ0v) is 21.6.